The van der Waals surface area contributed by atoms with Gasteiger partial charge in [-0.3, -0.25) is 14.4 Å². The van der Waals surface area contributed by atoms with Gasteiger partial charge in [-0.15, -0.1) is 0 Å². The first-order valence-corrected chi connectivity index (χ1v) is 12.3. The molecule has 3 N–H and O–H groups in total. The van der Waals surface area contributed by atoms with E-state index >= 15 is 0 Å². The van der Waals surface area contributed by atoms with Gasteiger partial charge in [0.1, 0.15) is 19.0 Å². The van der Waals surface area contributed by atoms with Crippen molar-refractivity contribution in [3.05, 3.63) is 29.8 Å². The first kappa shape index (κ1) is 25.9. The van der Waals surface area contributed by atoms with Crippen LogP contribution in [0, 0.1) is 11.8 Å². The highest BCUT2D eigenvalue weighted by atomic mass is 18.2. The molecule has 0 radical (unpaired) electrons. The summed E-state index contributed by atoms with van der Waals surface area (Å²) in [5, 5.41) is 15.6. The molecule has 0 spiro atoms. The van der Waals surface area contributed by atoms with E-state index in [9.17, 15) is 23.9 Å². The second-order valence-corrected chi connectivity index (χ2v) is 9.18. The molecule has 188 valence electrons. The topological polar surface area (TPSA) is 108 Å². The fraction of sp³-hybridized carbons (Fsp3) is 0.640. The maximum atomic E-state index is 13.1. The van der Waals surface area contributed by atoms with Gasteiger partial charge in [-0.05, 0) is 68.8 Å². The third-order valence-electron chi connectivity index (χ3n) is 6.67. The maximum Gasteiger partial charge on any atom is 0.305 e. The Balaban J connectivity index is 1.57. The molecule has 9 heteroatoms. The van der Waals surface area contributed by atoms with Crippen LogP contribution >= 0.6 is 0 Å². The van der Waals surface area contributed by atoms with E-state index in [4.69, 9.17) is 4.74 Å². The zero-order valence-electron chi connectivity index (χ0n) is 19.6. The number of benzene rings is 1. The molecule has 0 aliphatic carbocycles. The molecular weight excluding hydrogens is 440 g/mol. The van der Waals surface area contributed by atoms with Crippen LogP contribution in [0.2, 0.25) is 0 Å². The lowest BCUT2D eigenvalue weighted by Gasteiger charge is -2.33. The Hall–Kier alpha value is -2.68. The predicted molar refractivity (Wildman–Crippen MR) is 125 cm³/mol. The molecular formula is C25H36FN3O5. The molecule has 0 aromatic heterocycles. The van der Waals surface area contributed by atoms with Gasteiger partial charge in [-0.2, -0.15) is 0 Å². The van der Waals surface area contributed by atoms with Crippen molar-refractivity contribution in [2.45, 2.75) is 51.0 Å². The third kappa shape index (κ3) is 7.97. The van der Waals surface area contributed by atoms with Gasteiger partial charge < -0.3 is 25.4 Å². The summed E-state index contributed by atoms with van der Waals surface area (Å²) in [4.78, 5) is 39.1. The third-order valence-corrected chi connectivity index (χ3v) is 6.67. The molecule has 3 rings (SSSR count). The number of nitrogens with one attached hydrogen (secondary N) is 2. The van der Waals surface area contributed by atoms with E-state index in [0.29, 0.717) is 43.2 Å². The van der Waals surface area contributed by atoms with Crippen molar-refractivity contribution in [1.29, 1.82) is 0 Å². The number of aliphatic carboxylic acids is 1. The summed E-state index contributed by atoms with van der Waals surface area (Å²) < 4.78 is 17.7. The molecule has 8 nitrogen and oxygen atoms in total. The molecule has 34 heavy (non-hydrogen) atoms. The number of nitrogens with zero attached hydrogens (tertiary/aromatic N) is 1. The zero-order valence-corrected chi connectivity index (χ0v) is 19.6. The summed E-state index contributed by atoms with van der Waals surface area (Å²) in [6.07, 6.45) is 4.70. The van der Waals surface area contributed by atoms with Crippen LogP contribution in [0.3, 0.4) is 0 Å². The standard InChI is InChI=1S/C25H36FN3O5/c26-10-14-34-21-5-1-3-19(15-21)22(16-24(31)32)28-25(33)20-4-2-13-29(17-20)23(30)7-6-18-8-11-27-12-9-18/h1,3,5,15,18,20,22,27H,2,4,6-14,16-17H2,(H,28,33)(H,31,32)/t20-,22+/m1/s1/i26-1. The lowest BCUT2D eigenvalue weighted by Crippen LogP contribution is -2.46. The number of halogens is 1. The molecule has 2 amide bonds. The van der Waals surface area contributed by atoms with E-state index < -0.39 is 18.7 Å². The van der Waals surface area contributed by atoms with Crippen molar-refractivity contribution in [3.63, 3.8) is 0 Å². The number of carbonyl (C=O) groups excluding carboxylic acids is 2. The predicted octanol–water partition coefficient (Wildman–Crippen LogP) is 2.69. The minimum Gasteiger partial charge on any atom is -0.491 e. The Kier molecular flexibility index (Phi) is 10.1. The van der Waals surface area contributed by atoms with E-state index in [1.54, 1.807) is 29.2 Å². The normalized spacial score (nSPS) is 19.9. The van der Waals surface area contributed by atoms with Crippen LogP contribution in [0.4, 0.5) is 4.39 Å². The monoisotopic (exact) mass is 476 g/mol. The average Bonchev–Trinajstić information content (AvgIpc) is 2.86. The number of piperidine rings is 2. The molecule has 2 atom stereocenters. The number of carboxylic acids is 1. The Bertz CT molecular complexity index is 831. The highest BCUT2D eigenvalue weighted by molar-refractivity contribution is 5.82. The molecule has 1 aromatic carbocycles. The molecule has 2 fully saturated rings. The summed E-state index contributed by atoms with van der Waals surface area (Å²) in [6, 6.07) is 5.94. The first-order valence-electron chi connectivity index (χ1n) is 12.3. The summed E-state index contributed by atoms with van der Waals surface area (Å²) in [7, 11) is 0. The molecule has 1 aromatic rings. The largest absolute Gasteiger partial charge is 0.491 e. The van der Waals surface area contributed by atoms with Gasteiger partial charge in [-0.25, -0.2) is 4.39 Å². The van der Waals surface area contributed by atoms with Crippen molar-refractivity contribution >= 4 is 17.8 Å². The van der Waals surface area contributed by atoms with Gasteiger partial charge in [0, 0.05) is 19.5 Å². The Morgan fingerprint density at radius 1 is 1.24 bits per heavy atom. The van der Waals surface area contributed by atoms with Gasteiger partial charge >= 0.3 is 5.97 Å². The average molecular weight is 477 g/mol. The molecule has 0 unspecified atom stereocenters. The lowest BCUT2D eigenvalue weighted by atomic mass is 9.92. The number of hydrogen-bond acceptors (Lipinski definition) is 5. The van der Waals surface area contributed by atoms with Crippen molar-refractivity contribution in [1.82, 2.24) is 15.5 Å². The second kappa shape index (κ2) is 13.3. The number of likely N-dealkylation sites (tertiary alicyclic amines) is 1. The van der Waals surface area contributed by atoms with Gasteiger partial charge in [-0.1, -0.05) is 12.1 Å². The molecule has 2 saturated heterocycles. The molecule has 0 saturated carbocycles. The molecule has 0 bridgehead atoms. The number of carboxylic acid groups (broad SMARTS) is 1. The minimum absolute atomic E-state index is 0.0934. The number of carbonyl (C=O) groups is 3. The summed E-state index contributed by atoms with van der Waals surface area (Å²) in [5.74, 6) is -0.580. The van der Waals surface area contributed by atoms with Crippen LogP contribution in [0.5, 0.6) is 5.75 Å². The van der Waals surface area contributed by atoms with Gasteiger partial charge in [0.2, 0.25) is 11.8 Å². The van der Waals surface area contributed by atoms with E-state index in [1.807, 2.05) is 0 Å². The van der Waals surface area contributed by atoms with Crippen LogP contribution in [-0.4, -0.2) is 67.3 Å². The van der Waals surface area contributed by atoms with Gasteiger partial charge in [0.05, 0.1) is 18.4 Å². The van der Waals surface area contributed by atoms with Gasteiger partial charge in [0.15, 0.2) is 0 Å². The Labute approximate surface area is 200 Å². The van der Waals surface area contributed by atoms with Crippen molar-refractivity contribution in [2.75, 3.05) is 39.5 Å². The van der Waals surface area contributed by atoms with E-state index in [0.717, 1.165) is 38.8 Å². The smallest absolute Gasteiger partial charge is 0.305 e. The Morgan fingerprint density at radius 2 is 2.03 bits per heavy atom. The van der Waals surface area contributed by atoms with Crippen LogP contribution in [0.15, 0.2) is 24.3 Å². The van der Waals surface area contributed by atoms with E-state index in [2.05, 4.69) is 10.6 Å². The minimum atomic E-state index is -1.04. The summed E-state index contributed by atoms with van der Waals surface area (Å²) in [5.41, 5.74) is 0.581. The van der Waals surface area contributed by atoms with Gasteiger partial charge in [0.25, 0.3) is 0 Å². The fourth-order valence-electron chi connectivity index (χ4n) is 4.77. The fourth-order valence-corrected chi connectivity index (χ4v) is 4.77. The SMILES string of the molecule is O=C(O)C[C@H](NC(=O)[C@@H]1CCCN(C(=O)CCC2CCNCC2)C1)c1cccc(OCC[18F])c1. The van der Waals surface area contributed by atoms with Crippen molar-refractivity contribution in [2.24, 2.45) is 11.8 Å². The van der Waals surface area contributed by atoms with Crippen LogP contribution < -0.4 is 15.4 Å². The lowest BCUT2D eigenvalue weighted by molar-refractivity contribution is -0.138. The Morgan fingerprint density at radius 3 is 2.76 bits per heavy atom. The van der Waals surface area contributed by atoms with E-state index in [-0.39, 0.29) is 30.8 Å². The van der Waals surface area contributed by atoms with Crippen molar-refractivity contribution < 1.29 is 28.6 Å². The van der Waals surface area contributed by atoms with Crippen LogP contribution in [0.25, 0.3) is 0 Å². The number of amides is 2. The molecule has 2 aliphatic heterocycles. The quantitative estimate of drug-likeness (QED) is 0.453. The number of rotatable bonds is 11. The summed E-state index contributed by atoms with van der Waals surface area (Å²) >= 11 is 0. The van der Waals surface area contributed by atoms with Crippen LogP contribution in [-0.2, 0) is 14.4 Å². The zero-order chi connectivity index (χ0) is 24.3. The number of hydrogen-bond donors (Lipinski definition) is 3. The molecule has 2 heterocycles. The second-order valence-electron chi connectivity index (χ2n) is 9.18. The van der Waals surface area contributed by atoms with Crippen molar-refractivity contribution in [3.8, 4) is 5.75 Å². The first-order chi connectivity index (χ1) is 16.5. The van der Waals surface area contributed by atoms with Crippen LogP contribution in [0.1, 0.15) is 56.6 Å². The highest BCUT2D eigenvalue weighted by Gasteiger charge is 2.30. The summed E-state index contributed by atoms with van der Waals surface area (Å²) in [6.45, 7) is 2.30. The van der Waals surface area contributed by atoms with E-state index in [1.165, 1.54) is 0 Å². The maximum absolute atomic E-state index is 13.1. The number of ether oxygens (including phenoxy) is 1. The number of alkyl halides is 1. The molecule has 2 aliphatic rings. The highest BCUT2D eigenvalue weighted by Crippen LogP contribution is 2.25.